The van der Waals surface area contributed by atoms with Gasteiger partial charge in [0.2, 0.25) is 12.7 Å². The summed E-state index contributed by atoms with van der Waals surface area (Å²) in [6, 6.07) is 6.20. The van der Waals surface area contributed by atoms with E-state index in [0.717, 1.165) is 55.2 Å². The number of piperidine rings is 3. The lowest BCUT2D eigenvalue weighted by Gasteiger charge is -2.49. The van der Waals surface area contributed by atoms with Gasteiger partial charge in [-0.3, -0.25) is 14.4 Å². The van der Waals surface area contributed by atoms with Crippen molar-refractivity contribution in [1.82, 2.24) is 25.2 Å². The van der Waals surface area contributed by atoms with Crippen LogP contribution in [0.5, 0.6) is 11.5 Å². The number of benzene rings is 1. The molecule has 1 N–H and O–H groups in total. The van der Waals surface area contributed by atoms with Crippen molar-refractivity contribution in [3.8, 4) is 11.5 Å². The molecule has 0 aliphatic carbocycles. The van der Waals surface area contributed by atoms with Gasteiger partial charge in [-0.15, -0.1) is 5.10 Å². The minimum absolute atomic E-state index is 0.0452. The maximum atomic E-state index is 12.9. The average molecular weight is 413 g/mol. The summed E-state index contributed by atoms with van der Waals surface area (Å²) < 4.78 is 17.8. The molecule has 0 spiro atoms. The second-order valence-corrected chi connectivity index (χ2v) is 8.31. The maximum absolute atomic E-state index is 12.9. The number of carbonyl (C=O) groups is 1. The summed E-state index contributed by atoms with van der Waals surface area (Å²) in [4.78, 5) is 15.3. The van der Waals surface area contributed by atoms with Gasteiger partial charge in [-0.05, 0) is 43.0 Å². The highest BCUT2D eigenvalue weighted by Crippen LogP contribution is 2.37. The van der Waals surface area contributed by atoms with Crippen LogP contribution in [-0.4, -0.2) is 58.8 Å². The summed E-state index contributed by atoms with van der Waals surface area (Å²) in [6.45, 7) is 3.89. The third kappa shape index (κ3) is 3.87. The molecule has 160 valence electrons. The minimum Gasteiger partial charge on any atom is -0.454 e. The molecular formula is C21H27N5O4. The van der Waals surface area contributed by atoms with Crippen LogP contribution in [0.1, 0.15) is 24.1 Å². The van der Waals surface area contributed by atoms with E-state index in [1.165, 1.54) is 0 Å². The summed E-state index contributed by atoms with van der Waals surface area (Å²) in [7, 11) is 1.66. The molecule has 2 bridgehead atoms. The van der Waals surface area contributed by atoms with Gasteiger partial charge < -0.3 is 19.5 Å². The van der Waals surface area contributed by atoms with Crippen LogP contribution in [0, 0.1) is 11.8 Å². The van der Waals surface area contributed by atoms with E-state index in [9.17, 15) is 4.79 Å². The van der Waals surface area contributed by atoms with Crippen molar-refractivity contribution in [2.45, 2.75) is 38.6 Å². The number of methoxy groups -OCH3 is 1. The van der Waals surface area contributed by atoms with Gasteiger partial charge in [0.25, 0.3) is 0 Å². The molecule has 30 heavy (non-hydrogen) atoms. The summed E-state index contributed by atoms with van der Waals surface area (Å²) in [5.41, 5.74) is 1.86. The smallest absolute Gasteiger partial charge is 0.231 e. The van der Waals surface area contributed by atoms with Gasteiger partial charge in [0, 0.05) is 26.2 Å². The number of amides is 1. The van der Waals surface area contributed by atoms with Crippen molar-refractivity contribution in [1.29, 1.82) is 0 Å². The molecule has 0 radical (unpaired) electrons. The van der Waals surface area contributed by atoms with Crippen LogP contribution in [0.15, 0.2) is 24.4 Å². The molecule has 5 heterocycles. The molecule has 3 saturated heterocycles. The van der Waals surface area contributed by atoms with Gasteiger partial charge in [-0.25, -0.2) is 0 Å². The fourth-order valence-corrected chi connectivity index (χ4v) is 4.85. The second kappa shape index (κ2) is 8.23. The molecule has 3 fully saturated rings. The molecule has 1 aromatic heterocycles. The molecule has 0 saturated carbocycles. The molecule has 9 nitrogen and oxygen atoms in total. The highest BCUT2D eigenvalue weighted by Gasteiger charge is 2.43. The molecule has 1 amide bonds. The van der Waals surface area contributed by atoms with E-state index in [-0.39, 0.29) is 18.6 Å². The number of ether oxygens (including phenoxy) is 3. The van der Waals surface area contributed by atoms with Crippen LogP contribution in [0.3, 0.4) is 0 Å². The van der Waals surface area contributed by atoms with Crippen LogP contribution < -0.4 is 14.8 Å². The first-order valence-electron chi connectivity index (χ1n) is 10.5. The number of nitrogens with one attached hydrogen (secondary N) is 1. The first-order valence-corrected chi connectivity index (χ1v) is 10.5. The fraction of sp³-hybridized carbons (Fsp3) is 0.571. The molecule has 4 aliphatic rings. The first kappa shape index (κ1) is 19.3. The molecular weight excluding hydrogens is 386 g/mol. The Morgan fingerprint density at radius 3 is 3.07 bits per heavy atom. The fourth-order valence-electron chi connectivity index (χ4n) is 4.85. The number of nitrogens with zero attached hydrogens (tertiary/aromatic N) is 4. The van der Waals surface area contributed by atoms with Crippen molar-refractivity contribution in [3.05, 3.63) is 35.7 Å². The third-order valence-corrected chi connectivity index (χ3v) is 6.40. The van der Waals surface area contributed by atoms with Crippen LogP contribution >= 0.6 is 0 Å². The summed E-state index contributed by atoms with van der Waals surface area (Å²) in [5, 5.41) is 11.5. The van der Waals surface area contributed by atoms with Crippen LogP contribution in [0.25, 0.3) is 0 Å². The molecule has 6 rings (SSSR count). The molecule has 1 unspecified atom stereocenters. The van der Waals surface area contributed by atoms with E-state index in [2.05, 4.69) is 20.5 Å². The van der Waals surface area contributed by atoms with E-state index in [0.29, 0.717) is 25.1 Å². The zero-order valence-corrected chi connectivity index (χ0v) is 17.1. The minimum atomic E-state index is 0.0452. The van der Waals surface area contributed by atoms with Gasteiger partial charge in [0.05, 0.1) is 25.3 Å². The monoisotopic (exact) mass is 413 g/mol. The van der Waals surface area contributed by atoms with Gasteiger partial charge >= 0.3 is 0 Å². The van der Waals surface area contributed by atoms with Crippen molar-refractivity contribution >= 4 is 5.91 Å². The van der Waals surface area contributed by atoms with Crippen molar-refractivity contribution in [2.75, 3.05) is 27.0 Å². The van der Waals surface area contributed by atoms with Crippen molar-refractivity contribution in [2.24, 2.45) is 11.8 Å². The Hall–Kier alpha value is -2.65. The predicted octanol–water partition coefficient (Wildman–Crippen LogP) is 1.18. The predicted molar refractivity (Wildman–Crippen MR) is 107 cm³/mol. The van der Waals surface area contributed by atoms with Crippen LogP contribution in [0.4, 0.5) is 0 Å². The Labute approximate surface area is 175 Å². The Kier molecular flexibility index (Phi) is 5.30. The first-order chi connectivity index (χ1) is 14.7. The Morgan fingerprint density at radius 1 is 1.33 bits per heavy atom. The van der Waals surface area contributed by atoms with Crippen molar-refractivity contribution in [3.63, 3.8) is 0 Å². The highest BCUT2D eigenvalue weighted by atomic mass is 16.7. The Morgan fingerprint density at radius 2 is 2.23 bits per heavy atom. The topological polar surface area (TPSA) is 90.7 Å². The summed E-state index contributed by atoms with van der Waals surface area (Å²) in [5.74, 6) is 2.11. The average Bonchev–Trinajstić information content (AvgIpc) is 3.41. The molecule has 4 atom stereocenters. The zero-order valence-electron chi connectivity index (χ0n) is 17.1. The molecule has 1 aromatic carbocycles. The number of hydrogen-bond acceptors (Lipinski definition) is 7. The quantitative estimate of drug-likeness (QED) is 0.729. The largest absolute Gasteiger partial charge is 0.454 e. The van der Waals surface area contributed by atoms with Gasteiger partial charge in [-0.1, -0.05) is 11.3 Å². The van der Waals surface area contributed by atoms with Crippen LogP contribution in [-0.2, 0) is 29.2 Å². The zero-order chi connectivity index (χ0) is 20.5. The van der Waals surface area contributed by atoms with Crippen molar-refractivity contribution < 1.29 is 19.0 Å². The number of rotatable bonds is 7. The Balaban J connectivity index is 1.16. The van der Waals surface area contributed by atoms with E-state index >= 15 is 0 Å². The van der Waals surface area contributed by atoms with Gasteiger partial charge in [0.1, 0.15) is 5.69 Å². The molecule has 4 aliphatic heterocycles. The maximum Gasteiger partial charge on any atom is 0.231 e. The van der Waals surface area contributed by atoms with E-state index < -0.39 is 0 Å². The van der Waals surface area contributed by atoms with E-state index in [4.69, 9.17) is 14.2 Å². The van der Waals surface area contributed by atoms with Crippen LogP contribution in [0.2, 0.25) is 0 Å². The lowest BCUT2D eigenvalue weighted by Crippen LogP contribution is -2.58. The SMILES string of the molecule is COCc1cn(C[C@H]2C[C@@H]3CCN2C[C@@H]3C(=O)NCc2ccc3c(c2)OCO3)nn1. The summed E-state index contributed by atoms with van der Waals surface area (Å²) in [6.07, 6.45) is 4.04. The second-order valence-electron chi connectivity index (χ2n) is 8.31. The standard InChI is InChI=1S/C21H27N5O4/c1-28-12-16-9-26(24-23-16)10-17-7-15-4-5-25(17)11-18(15)21(27)22-8-14-2-3-19-20(6-14)30-13-29-19/h2-3,6,9,15,17-18H,4-5,7-8,10-13H2,1H3,(H,22,27)/t15-,17+,18-/m0/s1. The van der Waals surface area contributed by atoms with Gasteiger partial charge in [-0.2, -0.15) is 0 Å². The van der Waals surface area contributed by atoms with E-state index in [1.54, 1.807) is 7.11 Å². The lowest BCUT2D eigenvalue weighted by atomic mass is 9.75. The molecule has 9 heteroatoms. The number of carbonyl (C=O) groups excluding carboxylic acids is 1. The number of fused-ring (bicyclic) bond motifs is 4. The highest BCUT2D eigenvalue weighted by molar-refractivity contribution is 5.79. The van der Waals surface area contributed by atoms with E-state index in [1.807, 2.05) is 29.1 Å². The number of hydrogen-bond donors (Lipinski definition) is 1. The normalized spacial score (nSPS) is 26.7. The third-order valence-electron chi connectivity index (χ3n) is 6.40. The summed E-state index contributed by atoms with van der Waals surface area (Å²) >= 11 is 0. The Bertz CT molecular complexity index is 917. The number of aromatic nitrogens is 3. The lowest BCUT2D eigenvalue weighted by molar-refractivity contribution is -0.133. The molecule has 2 aromatic rings. The van der Waals surface area contributed by atoms with Gasteiger partial charge in [0.15, 0.2) is 11.5 Å².